The minimum Gasteiger partial charge on any atom is -0.351 e. The van der Waals surface area contributed by atoms with Gasteiger partial charge in [0.15, 0.2) is 5.78 Å². The second-order valence-corrected chi connectivity index (χ2v) is 7.03. The van der Waals surface area contributed by atoms with E-state index >= 15 is 0 Å². The van der Waals surface area contributed by atoms with Gasteiger partial charge in [-0.2, -0.15) is 13.2 Å². The third-order valence-electron chi connectivity index (χ3n) is 4.27. The lowest BCUT2D eigenvalue weighted by molar-refractivity contribution is -0.0903. The van der Waals surface area contributed by atoms with Crippen LogP contribution in [-0.4, -0.2) is 12.0 Å². The molecule has 2 nitrogen and oxygen atoms in total. The highest BCUT2D eigenvalue weighted by atomic mass is 19.4. The van der Waals surface area contributed by atoms with Crippen LogP contribution in [0.4, 0.5) is 18.9 Å². The Morgan fingerprint density at radius 1 is 0.889 bits per heavy atom. The van der Waals surface area contributed by atoms with Crippen molar-refractivity contribution >= 4 is 11.5 Å². The van der Waals surface area contributed by atoms with Crippen molar-refractivity contribution in [3.8, 4) is 0 Å². The zero-order chi connectivity index (χ0) is 20.2. The molecule has 2 rings (SSSR count). The van der Waals surface area contributed by atoms with Crippen molar-refractivity contribution in [2.45, 2.75) is 45.7 Å². The molecule has 0 amide bonds. The van der Waals surface area contributed by atoms with Crippen LogP contribution in [0.5, 0.6) is 0 Å². The lowest BCUT2D eigenvalue weighted by Gasteiger charge is -2.23. The van der Waals surface area contributed by atoms with Crippen LogP contribution >= 0.6 is 0 Å². The van der Waals surface area contributed by atoms with Crippen LogP contribution < -0.4 is 5.32 Å². The summed E-state index contributed by atoms with van der Waals surface area (Å²) in [6.07, 6.45) is -4.04. The molecule has 0 heterocycles. The molecule has 0 bridgehead atoms. The first-order chi connectivity index (χ1) is 12.6. The van der Waals surface area contributed by atoms with Gasteiger partial charge in [-0.25, -0.2) is 0 Å². The number of carbonyl (C=O) groups is 1. The molecule has 0 aromatic heterocycles. The quantitative estimate of drug-likeness (QED) is 0.451. The predicted molar refractivity (Wildman–Crippen MR) is 103 cm³/mol. The molecule has 5 heteroatoms. The molecule has 0 spiro atoms. The zero-order valence-corrected chi connectivity index (χ0v) is 15.9. The number of anilines is 1. The van der Waals surface area contributed by atoms with E-state index in [4.69, 9.17) is 0 Å². The van der Waals surface area contributed by atoms with E-state index in [1.807, 2.05) is 45.9 Å². The van der Waals surface area contributed by atoms with E-state index in [0.717, 1.165) is 11.1 Å². The van der Waals surface area contributed by atoms with Gasteiger partial charge in [0, 0.05) is 17.3 Å². The molecule has 0 aliphatic heterocycles. The average molecular weight is 375 g/mol. The standard InChI is InChI=1S/C22H24F3NO/c1-14(2)17-11-8-12-18(15(3)4)21(17)26-20(22(23,24)25)13-19(27)16-9-6-5-7-10-16/h5-15,26H,1-4H3/b20-13-. The molecule has 0 unspecified atom stereocenters. The highest BCUT2D eigenvalue weighted by molar-refractivity contribution is 6.05. The normalized spacial score (nSPS) is 12.6. The molecule has 0 fully saturated rings. The Labute approximate surface area is 158 Å². The molecular weight excluding hydrogens is 351 g/mol. The first-order valence-electron chi connectivity index (χ1n) is 8.89. The highest BCUT2D eigenvalue weighted by Gasteiger charge is 2.35. The van der Waals surface area contributed by atoms with Gasteiger partial charge in [-0.05, 0) is 23.0 Å². The molecular formula is C22H24F3NO. The van der Waals surface area contributed by atoms with Crippen molar-refractivity contribution in [3.05, 3.63) is 77.0 Å². The minimum atomic E-state index is -4.68. The maximum atomic E-state index is 13.7. The van der Waals surface area contributed by atoms with Crippen molar-refractivity contribution in [2.24, 2.45) is 0 Å². The number of alkyl halides is 3. The second-order valence-electron chi connectivity index (χ2n) is 7.03. The Kier molecular flexibility index (Phi) is 6.47. The van der Waals surface area contributed by atoms with Gasteiger partial charge in [-0.15, -0.1) is 0 Å². The van der Waals surface area contributed by atoms with Gasteiger partial charge in [0.05, 0.1) is 0 Å². The number of carbonyl (C=O) groups excluding carboxylic acids is 1. The lowest BCUT2D eigenvalue weighted by Crippen LogP contribution is -2.22. The molecule has 0 atom stereocenters. The van der Waals surface area contributed by atoms with Crippen LogP contribution in [0.3, 0.4) is 0 Å². The lowest BCUT2D eigenvalue weighted by atomic mass is 9.92. The van der Waals surface area contributed by atoms with Gasteiger partial charge in [-0.3, -0.25) is 4.79 Å². The molecule has 2 aromatic carbocycles. The molecule has 0 saturated carbocycles. The Balaban J connectivity index is 2.52. The largest absolute Gasteiger partial charge is 0.431 e. The Morgan fingerprint density at radius 3 is 1.85 bits per heavy atom. The summed E-state index contributed by atoms with van der Waals surface area (Å²) in [6, 6.07) is 13.4. The van der Waals surface area contributed by atoms with E-state index in [-0.39, 0.29) is 17.4 Å². The number of benzene rings is 2. The predicted octanol–water partition coefficient (Wildman–Crippen LogP) is 6.67. The summed E-state index contributed by atoms with van der Waals surface area (Å²) in [6.45, 7) is 7.71. The molecule has 0 saturated heterocycles. The number of hydrogen-bond acceptors (Lipinski definition) is 2. The summed E-state index contributed by atoms with van der Waals surface area (Å²) in [5.74, 6) is -0.625. The number of allylic oxidation sites excluding steroid dienone is 2. The first kappa shape index (κ1) is 20.7. The third-order valence-corrected chi connectivity index (χ3v) is 4.27. The fraction of sp³-hybridized carbons (Fsp3) is 0.318. The number of rotatable bonds is 6. The first-order valence-corrected chi connectivity index (χ1v) is 8.89. The molecule has 2 aromatic rings. The van der Waals surface area contributed by atoms with E-state index in [9.17, 15) is 18.0 Å². The Bertz CT molecular complexity index is 795. The van der Waals surface area contributed by atoms with Crippen LogP contribution in [0.25, 0.3) is 0 Å². The number of nitrogens with one attached hydrogen (secondary N) is 1. The van der Waals surface area contributed by atoms with Crippen LogP contribution in [0.1, 0.15) is 61.0 Å². The minimum absolute atomic E-state index is 0.0329. The maximum Gasteiger partial charge on any atom is 0.431 e. The van der Waals surface area contributed by atoms with Gasteiger partial charge < -0.3 is 5.32 Å². The monoisotopic (exact) mass is 375 g/mol. The van der Waals surface area contributed by atoms with Crippen LogP contribution in [0, 0.1) is 0 Å². The van der Waals surface area contributed by atoms with E-state index in [2.05, 4.69) is 5.32 Å². The van der Waals surface area contributed by atoms with Gasteiger partial charge in [0.25, 0.3) is 0 Å². The molecule has 144 valence electrons. The van der Waals surface area contributed by atoms with E-state index in [1.165, 1.54) is 12.1 Å². The summed E-state index contributed by atoms with van der Waals surface area (Å²) >= 11 is 0. The maximum absolute atomic E-state index is 13.7. The highest BCUT2D eigenvalue weighted by Crippen LogP contribution is 2.36. The van der Waals surface area contributed by atoms with E-state index < -0.39 is 17.7 Å². The topological polar surface area (TPSA) is 29.1 Å². The van der Waals surface area contributed by atoms with Crippen LogP contribution in [0.2, 0.25) is 0 Å². The van der Waals surface area contributed by atoms with E-state index in [1.54, 1.807) is 18.2 Å². The zero-order valence-electron chi connectivity index (χ0n) is 15.9. The SMILES string of the molecule is CC(C)c1cccc(C(C)C)c1N/C(=C\C(=O)c1ccccc1)C(F)(F)F. The Hall–Kier alpha value is -2.56. The van der Waals surface area contributed by atoms with Gasteiger partial charge in [-0.1, -0.05) is 76.2 Å². The van der Waals surface area contributed by atoms with Crippen molar-refractivity contribution in [1.82, 2.24) is 0 Å². The number of ketones is 1. The van der Waals surface area contributed by atoms with E-state index in [0.29, 0.717) is 11.8 Å². The average Bonchev–Trinajstić information content (AvgIpc) is 2.60. The van der Waals surface area contributed by atoms with Crippen LogP contribution in [0.15, 0.2) is 60.3 Å². The van der Waals surface area contributed by atoms with Gasteiger partial charge in [0.2, 0.25) is 0 Å². The molecule has 0 aliphatic carbocycles. The van der Waals surface area contributed by atoms with Crippen LogP contribution in [-0.2, 0) is 0 Å². The summed E-state index contributed by atoms with van der Waals surface area (Å²) in [4.78, 5) is 12.3. The van der Waals surface area contributed by atoms with Crippen molar-refractivity contribution < 1.29 is 18.0 Å². The Morgan fingerprint density at radius 2 is 1.41 bits per heavy atom. The number of para-hydroxylation sites is 1. The summed E-state index contributed by atoms with van der Waals surface area (Å²) in [5.41, 5.74) is 1.13. The smallest absolute Gasteiger partial charge is 0.351 e. The van der Waals surface area contributed by atoms with Crippen molar-refractivity contribution in [3.63, 3.8) is 0 Å². The van der Waals surface area contributed by atoms with Gasteiger partial charge >= 0.3 is 6.18 Å². The fourth-order valence-electron chi connectivity index (χ4n) is 2.84. The fourth-order valence-corrected chi connectivity index (χ4v) is 2.84. The van der Waals surface area contributed by atoms with Crippen molar-refractivity contribution in [1.29, 1.82) is 0 Å². The summed E-state index contributed by atoms with van der Waals surface area (Å²) in [5, 5.41) is 2.53. The summed E-state index contributed by atoms with van der Waals surface area (Å²) in [7, 11) is 0. The third kappa shape index (κ3) is 5.22. The number of hydrogen-bond donors (Lipinski definition) is 1. The van der Waals surface area contributed by atoms with Crippen molar-refractivity contribution in [2.75, 3.05) is 5.32 Å². The molecule has 0 aliphatic rings. The molecule has 1 N–H and O–H groups in total. The number of halogens is 3. The molecule has 27 heavy (non-hydrogen) atoms. The molecule has 0 radical (unpaired) electrons. The second kappa shape index (κ2) is 8.42. The summed E-state index contributed by atoms with van der Waals surface area (Å²) < 4.78 is 41.0. The van der Waals surface area contributed by atoms with Gasteiger partial charge in [0.1, 0.15) is 5.70 Å².